The number of aliphatic hydroxyl groups excluding tert-OH is 2. The Kier molecular flexibility index (Phi) is 46.8. The highest BCUT2D eigenvalue weighted by atomic mass is 16.3. The number of nitrogens with one attached hydrogen (secondary N) is 1. The van der Waals surface area contributed by atoms with E-state index in [1.807, 2.05) is 6.08 Å². The van der Waals surface area contributed by atoms with Crippen LogP contribution >= 0.6 is 0 Å². The molecule has 0 aliphatic carbocycles. The van der Waals surface area contributed by atoms with Crippen LogP contribution in [0, 0.1) is 0 Å². The Hall–Kier alpha value is -1.91. The van der Waals surface area contributed by atoms with Gasteiger partial charge in [0.1, 0.15) is 0 Å². The lowest BCUT2D eigenvalue weighted by molar-refractivity contribution is -0.123. The molecule has 4 nitrogen and oxygen atoms in total. The van der Waals surface area contributed by atoms with Crippen LogP contribution in [-0.4, -0.2) is 34.9 Å². The monoisotopic (exact) mass is 796 g/mol. The molecule has 0 aromatic carbocycles. The van der Waals surface area contributed by atoms with Gasteiger partial charge < -0.3 is 15.5 Å². The number of allylic oxidation sites excluding steroid dienone is 9. The number of carbonyl (C=O) groups is 1. The summed E-state index contributed by atoms with van der Waals surface area (Å²) in [4.78, 5) is 12.4. The molecule has 0 aliphatic heterocycles. The number of hydrogen-bond donors (Lipinski definition) is 3. The van der Waals surface area contributed by atoms with Crippen LogP contribution in [0.1, 0.15) is 251 Å². The topological polar surface area (TPSA) is 69.6 Å². The van der Waals surface area contributed by atoms with Gasteiger partial charge in [-0.05, 0) is 57.8 Å². The summed E-state index contributed by atoms with van der Waals surface area (Å²) in [6, 6.07) is -0.627. The molecule has 2 unspecified atom stereocenters. The minimum absolute atomic E-state index is 0.0686. The third-order valence-electron chi connectivity index (χ3n) is 11.3. The van der Waals surface area contributed by atoms with Crippen molar-refractivity contribution >= 4 is 5.91 Å². The third kappa shape index (κ3) is 45.0. The minimum atomic E-state index is -0.844. The fraction of sp³-hybridized carbons (Fsp3) is 0.792. The zero-order chi connectivity index (χ0) is 41.4. The van der Waals surface area contributed by atoms with E-state index in [-0.39, 0.29) is 12.5 Å². The molecule has 0 saturated carbocycles. The van der Waals surface area contributed by atoms with Gasteiger partial charge in [0.25, 0.3) is 0 Å². The van der Waals surface area contributed by atoms with Gasteiger partial charge in [0, 0.05) is 6.42 Å². The number of unbranched alkanes of at least 4 members (excludes halogenated alkanes) is 30. The average molecular weight is 796 g/mol. The molecule has 0 rings (SSSR count). The van der Waals surface area contributed by atoms with E-state index < -0.39 is 12.1 Å². The van der Waals surface area contributed by atoms with Gasteiger partial charge in [-0.3, -0.25) is 4.79 Å². The van der Waals surface area contributed by atoms with Crippen LogP contribution in [0.2, 0.25) is 0 Å². The predicted octanol–water partition coefficient (Wildman–Crippen LogP) is 16.1. The molecular weight excluding hydrogens is 699 g/mol. The predicted molar refractivity (Wildman–Crippen MR) is 253 cm³/mol. The van der Waals surface area contributed by atoms with Crippen molar-refractivity contribution in [2.75, 3.05) is 6.61 Å². The largest absolute Gasteiger partial charge is 0.394 e. The summed E-state index contributed by atoms with van der Waals surface area (Å²) in [6.07, 6.45) is 67.8. The van der Waals surface area contributed by atoms with Gasteiger partial charge in [0.15, 0.2) is 0 Å². The normalized spacial score (nSPS) is 13.4. The first-order valence-corrected chi connectivity index (χ1v) is 25.0. The number of carbonyl (C=O) groups excluding carboxylic acids is 1. The second kappa shape index (κ2) is 48.5. The van der Waals surface area contributed by atoms with Gasteiger partial charge in [-0.2, -0.15) is 0 Å². The first-order valence-electron chi connectivity index (χ1n) is 25.0. The molecule has 0 aromatic rings. The molecule has 0 aromatic heterocycles. The number of hydrogen-bond acceptors (Lipinski definition) is 3. The van der Waals surface area contributed by atoms with E-state index in [9.17, 15) is 15.0 Å². The summed E-state index contributed by atoms with van der Waals surface area (Å²) in [6.45, 7) is 4.21. The zero-order valence-electron chi connectivity index (χ0n) is 38.1. The number of aliphatic hydroxyl groups is 2. The number of rotatable bonds is 45. The van der Waals surface area contributed by atoms with Crippen molar-refractivity contribution in [1.82, 2.24) is 5.32 Å². The van der Waals surface area contributed by atoms with E-state index in [0.717, 1.165) is 51.4 Å². The molecule has 0 heterocycles. The molecule has 0 aliphatic rings. The standard InChI is InChI=1S/C53H97NO3/c1-3-5-7-9-11-13-15-17-19-21-23-25-27-29-31-33-35-37-39-41-43-45-47-49-53(57)54-51(50-55)52(56)48-46-44-42-40-38-36-34-32-30-28-26-24-22-20-18-16-14-12-10-8-6-4-2/h5,7,11,13,17,19,23,25,46,48,51-52,55-56H,3-4,6,8-10,12,14-16,18,20-22,24,26-45,47,49-50H2,1-2H3,(H,54,57)/b7-5-,13-11-,19-17-,25-23-,48-46+. The quantitative estimate of drug-likeness (QED) is 0.0425. The van der Waals surface area contributed by atoms with Gasteiger partial charge in [0.05, 0.1) is 18.8 Å². The lowest BCUT2D eigenvalue weighted by Crippen LogP contribution is -2.45. The lowest BCUT2D eigenvalue weighted by atomic mass is 10.0. The Bertz CT molecular complexity index is 950. The molecule has 1 amide bonds. The van der Waals surface area contributed by atoms with Crippen molar-refractivity contribution in [3.05, 3.63) is 60.8 Å². The molecule has 57 heavy (non-hydrogen) atoms. The summed E-state index contributed by atoms with van der Waals surface area (Å²) in [5.74, 6) is -0.0686. The van der Waals surface area contributed by atoms with Gasteiger partial charge in [0.2, 0.25) is 5.91 Å². The van der Waals surface area contributed by atoms with E-state index in [0.29, 0.717) is 6.42 Å². The molecular formula is C53H97NO3. The van der Waals surface area contributed by atoms with Crippen LogP contribution in [-0.2, 0) is 4.79 Å². The summed E-state index contributed by atoms with van der Waals surface area (Å²) >= 11 is 0. The smallest absolute Gasteiger partial charge is 0.220 e. The maximum absolute atomic E-state index is 12.4. The Morgan fingerprint density at radius 3 is 1.16 bits per heavy atom. The Balaban J connectivity index is 3.55. The SMILES string of the molecule is CC/C=C\C/C=C\C/C=C\C/C=C\CCCCCCCCCCCCC(=O)NC(CO)C(O)/C=C/CCCCCCCCCCCCCCCCCCCCCC. The van der Waals surface area contributed by atoms with E-state index in [1.54, 1.807) is 6.08 Å². The summed E-state index contributed by atoms with van der Waals surface area (Å²) in [7, 11) is 0. The van der Waals surface area contributed by atoms with E-state index in [1.165, 1.54) is 180 Å². The second-order valence-electron chi connectivity index (χ2n) is 16.9. The van der Waals surface area contributed by atoms with Gasteiger partial charge in [-0.15, -0.1) is 0 Å². The van der Waals surface area contributed by atoms with Gasteiger partial charge >= 0.3 is 0 Å². The van der Waals surface area contributed by atoms with Gasteiger partial charge in [-0.1, -0.05) is 248 Å². The van der Waals surface area contributed by atoms with Crippen LogP contribution in [0.15, 0.2) is 60.8 Å². The Labute approximate surface area is 356 Å². The fourth-order valence-electron chi connectivity index (χ4n) is 7.46. The Morgan fingerprint density at radius 1 is 0.439 bits per heavy atom. The third-order valence-corrected chi connectivity index (χ3v) is 11.3. The molecule has 332 valence electrons. The van der Waals surface area contributed by atoms with E-state index >= 15 is 0 Å². The fourth-order valence-corrected chi connectivity index (χ4v) is 7.46. The first-order chi connectivity index (χ1) is 28.2. The summed E-state index contributed by atoms with van der Waals surface area (Å²) in [5.41, 5.74) is 0. The van der Waals surface area contributed by atoms with Crippen molar-refractivity contribution in [2.24, 2.45) is 0 Å². The van der Waals surface area contributed by atoms with Crippen LogP contribution in [0.5, 0.6) is 0 Å². The van der Waals surface area contributed by atoms with Crippen LogP contribution < -0.4 is 5.32 Å². The molecule has 2 atom stereocenters. The molecule has 0 spiro atoms. The van der Waals surface area contributed by atoms with Gasteiger partial charge in [-0.25, -0.2) is 0 Å². The van der Waals surface area contributed by atoms with Crippen molar-refractivity contribution in [3.63, 3.8) is 0 Å². The van der Waals surface area contributed by atoms with Crippen LogP contribution in [0.4, 0.5) is 0 Å². The highest BCUT2D eigenvalue weighted by Crippen LogP contribution is 2.16. The minimum Gasteiger partial charge on any atom is -0.394 e. The highest BCUT2D eigenvalue weighted by Gasteiger charge is 2.18. The highest BCUT2D eigenvalue weighted by molar-refractivity contribution is 5.76. The number of amides is 1. The van der Waals surface area contributed by atoms with Crippen molar-refractivity contribution < 1.29 is 15.0 Å². The lowest BCUT2D eigenvalue weighted by Gasteiger charge is -2.20. The van der Waals surface area contributed by atoms with Crippen LogP contribution in [0.25, 0.3) is 0 Å². The molecule has 4 heteroatoms. The Morgan fingerprint density at radius 2 is 0.772 bits per heavy atom. The maximum atomic E-state index is 12.4. The summed E-state index contributed by atoms with van der Waals surface area (Å²) < 4.78 is 0. The zero-order valence-corrected chi connectivity index (χ0v) is 38.1. The van der Waals surface area contributed by atoms with Crippen molar-refractivity contribution in [2.45, 2.75) is 264 Å². The van der Waals surface area contributed by atoms with Crippen LogP contribution in [0.3, 0.4) is 0 Å². The second-order valence-corrected chi connectivity index (χ2v) is 16.9. The molecule has 3 N–H and O–H groups in total. The van der Waals surface area contributed by atoms with E-state index in [2.05, 4.69) is 67.8 Å². The summed E-state index contributed by atoms with van der Waals surface area (Å²) in [5, 5.41) is 23.1. The van der Waals surface area contributed by atoms with E-state index in [4.69, 9.17) is 0 Å². The average Bonchev–Trinajstić information content (AvgIpc) is 3.22. The maximum Gasteiger partial charge on any atom is 0.220 e. The molecule has 0 bridgehead atoms. The molecule has 0 saturated heterocycles. The first kappa shape index (κ1) is 55.1. The molecule has 0 radical (unpaired) electrons. The van der Waals surface area contributed by atoms with Crippen molar-refractivity contribution in [1.29, 1.82) is 0 Å². The van der Waals surface area contributed by atoms with Crippen molar-refractivity contribution in [3.8, 4) is 0 Å². The molecule has 0 fully saturated rings.